The number of anilines is 1. The number of benzene rings is 1. The van der Waals surface area contributed by atoms with Crippen molar-refractivity contribution in [3.05, 3.63) is 41.2 Å². The van der Waals surface area contributed by atoms with Gasteiger partial charge in [0, 0.05) is 24.0 Å². The molecule has 0 bridgehead atoms. The smallest absolute Gasteiger partial charge is 0.303 e. The number of amides is 3. The number of fused-ring (bicyclic) bond motifs is 3. The monoisotopic (exact) mass is 331 g/mol. The molecule has 7 nitrogen and oxygen atoms in total. The molecular weight excluding hydrogens is 318 g/mol. The molecule has 1 fully saturated rings. The minimum absolute atomic E-state index is 0.339. The second kappa shape index (κ2) is 4.73. The first-order chi connectivity index (χ1) is 11.0. The van der Waals surface area contributed by atoms with Gasteiger partial charge < -0.3 is 9.80 Å². The van der Waals surface area contributed by atoms with Gasteiger partial charge in [0.2, 0.25) is 5.96 Å². The molecule has 1 N–H and O–H groups in total. The van der Waals surface area contributed by atoms with Gasteiger partial charge in [-0.05, 0) is 25.1 Å². The summed E-state index contributed by atoms with van der Waals surface area (Å²) >= 11 is 6.08. The normalized spacial score (nSPS) is 26.0. The predicted molar refractivity (Wildman–Crippen MR) is 85.8 cm³/mol. The van der Waals surface area contributed by atoms with Crippen molar-refractivity contribution in [3.63, 3.8) is 0 Å². The first kappa shape index (κ1) is 14.1. The fourth-order valence-corrected chi connectivity index (χ4v) is 3.32. The molecule has 0 radical (unpaired) electrons. The summed E-state index contributed by atoms with van der Waals surface area (Å²) < 4.78 is 0. The zero-order valence-electron chi connectivity index (χ0n) is 12.5. The number of carbonyl (C=O) groups is 2. The lowest BCUT2D eigenvalue weighted by molar-refractivity contribution is -0.126. The first-order valence-corrected chi connectivity index (χ1v) is 7.53. The topological polar surface area (TPSA) is 68.2 Å². The zero-order valence-corrected chi connectivity index (χ0v) is 13.3. The van der Waals surface area contributed by atoms with E-state index in [0.29, 0.717) is 11.0 Å². The van der Waals surface area contributed by atoms with Gasteiger partial charge >= 0.3 is 6.03 Å². The SMILES string of the molecule is CC1=CN2C(=NC3C2C(=O)NC(=O)N3C)N1c1cccc(Cl)c1. The van der Waals surface area contributed by atoms with Crippen molar-refractivity contribution >= 4 is 35.2 Å². The number of hydrogen-bond acceptors (Lipinski definition) is 5. The van der Waals surface area contributed by atoms with Crippen LogP contribution >= 0.6 is 11.6 Å². The van der Waals surface area contributed by atoms with E-state index in [4.69, 9.17) is 11.6 Å². The molecule has 2 unspecified atom stereocenters. The van der Waals surface area contributed by atoms with Crippen LogP contribution in [-0.4, -0.2) is 47.0 Å². The molecule has 0 spiro atoms. The van der Waals surface area contributed by atoms with Crippen LogP contribution in [0.5, 0.6) is 0 Å². The zero-order chi connectivity index (χ0) is 16.3. The average Bonchev–Trinajstić information content (AvgIpc) is 2.99. The van der Waals surface area contributed by atoms with Crippen LogP contribution in [0.2, 0.25) is 5.02 Å². The van der Waals surface area contributed by atoms with E-state index in [9.17, 15) is 9.59 Å². The maximum atomic E-state index is 12.2. The Labute approximate surface area is 137 Å². The van der Waals surface area contributed by atoms with Crippen molar-refractivity contribution in [1.29, 1.82) is 0 Å². The Kier molecular flexibility index (Phi) is 2.89. The lowest BCUT2D eigenvalue weighted by Crippen LogP contribution is -2.62. The number of aliphatic imine (C=N–C) groups is 1. The van der Waals surface area contributed by atoms with E-state index in [1.165, 1.54) is 4.90 Å². The summed E-state index contributed by atoms with van der Waals surface area (Å²) in [6.45, 7) is 1.94. The number of nitrogens with zero attached hydrogens (tertiary/aromatic N) is 4. The van der Waals surface area contributed by atoms with Gasteiger partial charge in [-0.1, -0.05) is 17.7 Å². The van der Waals surface area contributed by atoms with Gasteiger partial charge in [0.05, 0.1) is 5.69 Å². The second-order valence-electron chi connectivity index (χ2n) is 5.69. The van der Waals surface area contributed by atoms with Crippen LogP contribution in [0.4, 0.5) is 10.5 Å². The van der Waals surface area contributed by atoms with Crippen LogP contribution in [0, 0.1) is 0 Å². The van der Waals surface area contributed by atoms with E-state index in [1.54, 1.807) is 18.0 Å². The Hall–Kier alpha value is -2.54. The number of nitrogens with one attached hydrogen (secondary N) is 1. The van der Waals surface area contributed by atoms with Crippen LogP contribution in [0.1, 0.15) is 6.92 Å². The number of urea groups is 1. The molecular formula is C15H14ClN5O2. The third-order valence-electron chi connectivity index (χ3n) is 4.22. The Morgan fingerprint density at radius 2 is 2.09 bits per heavy atom. The van der Waals surface area contributed by atoms with Crippen molar-refractivity contribution in [2.24, 2.45) is 4.99 Å². The summed E-state index contributed by atoms with van der Waals surface area (Å²) in [6.07, 6.45) is 1.34. The molecule has 0 saturated carbocycles. The molecule has 3 heterocycles. The van der Waals surface area contributed by atoms with Gasteiger partial charge in [0.1, 0.15) is 0 Å². The first-order valence-electron chi connectivity index (χ1n) is 7.15. The van der Waals surface area contributed by atoms with Crippen molar-refractivity contribution < 1.29 is 9.59 Å². The number of guanidine groups is 1. The highest BCUT2D eigenvalue weighted by Gasteiger charge is 2.51. The molecule has 3 amide bonds. The molecule has 118 valence electrons. The molecule has 8 heteroatoms. The fourth-order valence-electron chi connectivity index (χ4n) is 3.13. The number of hydrogen-bond donors (Lipinski definition) is 1. The molecule has 1 saturated heterocycles. The Bertz CT molecular complexity index is 790. The van der Waals surface area contributed by atoms with Gasteiger partial charge in [0.15, 0.2) is 12.2 Å². The van der Waals surface area contributed by atoms with Crippen molar-refractivity contribution in [3.8, 4) is 0 Å². The highest BCUT2D eigenvalue weighted by atomic mass is 35.5. The molecule has 23 heavy (non-hydrogen) atoms. The van der Waals surface area contributed by atoms with Gasteiger partial charge in [-0.15, -0.1) is 0 Å². The third-order valence-corrected chi connectivity index (χ3v) is 4.46. The van der Waals surface area contributed by atoms with Crippen LogP contribution < -0.4 is 10.2 Å². The Morgan fingerprint density at radius 1 is 1.30 bits per heavy atom. The van der Waals surface area contributed by atoms with E-state index in [1.807, 2.05) is 36.2 Å². The van der Waals surface area contributed by atoms with E-state index in [2.05, 4.69) is 10.3 Å². The highest BCUT2D eigenvalue weighted by molar-refractivity contribution is 6.31. The van der Waals surface area contributed by atoms with E-state index in [-0.39, 0.29) is 5.91 Å². The standard InChI is InChI=1S/C15H14ClN5O2/c1-8-7-20-11-12(19(2)15(23)18-13(11)22)17-14(20)21(8)10-5-3-4-9(16)6-10/h3-7,11-12H,1-2H3,(H,18,22,23). The quantitative estimate of drug-likeness (QED) is 0.848. The third kappa shape index (κ3) is 1.93. The van der Waals surface area contributed by atoms with E-state index in [0.717, 1.165) is 11.4 Å². The molecule has 0 aromatic heterocycles. The summed E-state index contributed by atoms with van der Waals surface area (Å²) in [5.41, 5.74) is 1.79. The summed E-state index contributed by atoms with van der Waals surface area (Å²) in [7, 11) is 1.63. The molecule has 3 aliphatic rings. The van der Waals surface area contributed by atoms with Gasteiger partial charge in [-0.2, -0.15) is 0 Å². The lowest BCUT2D eigenvalue weighted by atomic mass is 10.1. The van der Waals surface area contributed by atoms with Crippen LogP contribution in [0.15, 0.2) is 41.2 Å². The number of carbonyl (C=O) groups excluding carboxylic acids is 2. The Morgan fingerprint density at radius 3 is 2.83 bits per heavy atom. The van der Waals surface area contributed by atoms with Crippen molar-refractivity contribution in [2.45, 2.75) is 19.1 Å². The molecule has 1 aromatic rings. The summed E-state index contributed by atoms with van der Waals surface area (Å²) in [5.74, 6) is 0.283. The number of rotatable bonds is 1. The van der Waals surface area contributed by atoms with E-state index < -0.39 is 18.2 Å². The van der Waals surface area contributed by atoms with Crippen LogP contribution in [0.3, 0.4) is 0 Å². The molecule has 0 aliphatic carbocycles. The highest BCUT2D eigenvalue weighted by Crippen LogP contribution is 2.35. The fraction of sp³-hybridized carbons (Fsp3) is 0.267. The minimum Gasteiger partial charge on any atom is -0.303 e. The number of likely N-dealkylation sites (N-methyl/N-ethyl adjacent to an activating group) is 1. The molecule has 4 rings (SSSR count). The number of allylic oxidation sites excluding steroid dienone is 1. The maximum Gasteiger partial charge on any atom is 0.325 e. The molecule has 3 aliphatic heterocycles. The van der Waals surface area contributed by atoms with Crippen LogP contribution in [-0.2, 0) is 4.79 Å². The summed E-state index contributed by atoms with van der Waals surface area (Å²) in [6, 6.07) is 6.43. The molecule has 2 atom stereocenters. The summed E-state index contributed by atoms with van der Waals surface area (Å²) in [5, 5.41) is 2.98. The average molecular weight is 332 g/mol. The second-order valence-corrected chi connectivity index (χ2v) is 6.12. The summed E-state index contributed by atoms with van der Waals surface area (Å²) in [4.78, 5) is 33.8. The lowest BCUT2D eigenvalue weighted by Gasteiger charge is -2.34. The number of imide groups is 1. The largest absolute Gasteiger partial charge is 0.325 e. The minimum atomic E-state index is -0.549. The number of halogens is 1. The van der Waals surface area contributed by atoms with E-state index >= 15 is 0 Å². The predicted octanol–water partition coefficient (Wildman–Crippen LogP) is 1.57. The van der Waals surface area contributed by atoms with Gasteiger partial charge in [-0.25, -0.2) is 9.79 Å². The van der Waals surface area contributed by atoms with Crippen LogP contribution in [0.25, 0.3) is 0 Å². The van der Waals surface area contributed by atoms with Crippen molar-refractivity contribution in [1.82, 2.24) is 15.1 Å². The van der Waals surface area contributed by atoms with Crippen molar-refractivity contribution in [2.75, 3.05) is 11.9 Å². The maximum absolute atomic E-state index is 12.2. The molecule has 1 aromatic carbocycles. The Balaban J connectivity index is 1.77. The van der Waals surface area contributed by atoms with Gasteiger partial charge in [0.25, 0.3) is 5.91 Å². The van der Waals surface area contributed by atoms with Gasteiger partial charge in [-0.3, -0.25) is 15.0 Å².